The maximum atomic E-state index is 5.78. The molecule has 1 aromatic rings. The van der Waals surface area contributed by atoms with Crippen molar-refractivity contribution in [1.29, 1.82) is 0 Å². The van der Waals surface area contributed by atoms with Gasteiger partial charge in [0, 0.05) is 18.0 Å². The molecule has 90 valence electrons. The largest absolute Gasteiger partial charge is 0.358 e. The molecule has 1 N–H and O–H groups in total. The SMILES string of the molecule is CC(CN1CCCCC1)Nc1nc(Cl)cs1. The zero-order valence-corrected chi connectivity index (χ0v) is 11.2. The number of aromatic nitrogens is 1. The summed E-state index contributed by atoms with van der Waals surface area (Å²) in [6.45, 7) is 5.77. The highest BCUT2D eigenvalue weighted by Gasteiger charge is 2.13. The van der Waals surface area contributed by atoms with E-state index in [9.17, 15) is 0 Å². The third kappa shape index (κ3) is 3.61. The molecule has 0 aliphatic carbocycles. The van der Waals surface area contributed by atoms with Crippen molar-refractivity contribution in [3.05, 3.63) is 10.5 Å². The Kier molecular flexibility index (Phi) is 4.44. The highest BCUT2D eigenvalue weighted by Crippen LogP contribution is 2.20. The summed E-state index contributed by atoms with van der Waals surface area (Å²) in [4.78, 5) is 6.72. The summed E-state index contributed by atoms with van der Waals surface area (Å²) >= 11 is 7.35. The molecule has 2 heterocycles. The molecule has 0 amide bonds. The quantitative estimate of drug-likeness (QED) is 0.901. The molecule has 0 saturated carbocycles. The van der Waals surface area contributed by atoms with E-state index in [4.69, 9.17) is 11.6 Å². The fourth-order valence-electron chi connectivity index (χ4n) is 2.11. The number of anilines is 1. The zero-order valence-electron chi connectivity index (χ0n) is 9.58. The second-order valence-corrected chi connectivity index (χ2v) is 5.63. The molecule has 3 nitrogen and oxygen atoms in total. The number of rotatable bonds is 4. The topological polar surface area (TPSA) is 28.2 Å². The Morgan fingerprint density at radius 1 is 1.50 bits per heavy atom. The van der Waals surface area contributed by atoms with E-state index in [0.29, 0.717) is 11.2 Å². The number of hydrogen-bond acceptors (Lipinski definition) is 4. The Hall–Kier alpha value is -0.320. The summed E-state index contributed by atoms with van der Waals surface area (Å²) in [5.74, 6) is 0. The minimum absolute atomic E-state index is 0.431. The van der Waals surface area contributed by atoms with Crippen molar-refractivity contribution in [3.63, 3.8) is 0 Å². The molecule has 5 heteroatoms. The van der Waals surface area contributed by atoms with E-state index in [1.165, 1.54) is 32.4 Å². The van der Waals surface area contributed by atoms with Gasteiger partial charge in [-0.05, 0) is 32.9 Å². The monoisotopic (exact) mass is 259 g/mol. The van der Waals surface area contributed by atoms with Crippen LogP contribution in [0, 0.1) is 0 Å². The lowest BCUT2D eigenvalue weighted by atomic mass is 10.1. The van der Waals surface area contributed by atoms with Crippen molar-refractivity contribution in [2.24, 2.45) is 0 Å². The van der Waals surface area contributed by atoms with Gasteiger partial charge in [0.05, 0.1) is 0 Å². The second kappa shape index (κ2) is 5.84. The molecule has 2 rings (SSSR count). The molecule has 1 aliphatic heterocycles. The summed E-state index contributed by atoms with van der Waals surface area (Å²) in [7, 11) is 0. The summed E-state index contributed by atoms with van der Waals surface area (Å²) in [5.41, 5.74) is 0. The van der Waals surface area contributed by atoms with Gasteiger partial charge < -0.3 is 10.2 Å². The van der Waals surface area contributed by atoms with Crippen LogP contribution in [0.3, 0.4) is 0 Å². The first-order valence-electron chi connectivity index (χ1n) is 5.84. The Morgan fingerprint density at radius 2 is 2.25 bits per heavy atom. The molecule has 1 atom stereocenters. The van der Waals surface area contributed by atoms with Crippen molar-refractivity contribution in [2.45, 2.75) is 32.2 Å². The van der Waals surface area contributed by atoms with Gasteiger partial charge in [-0.3, -0.25) is 0 Å². The van der Waals surface area contributed by atoms with Crippen LogP contribution in [0.4, 0.5) is 5.13 Å². The standard InChI is InChI=1S/C11H18ClN3S/c1-9(7-15-5-3-2-4-6-15)13-11-14-10(12)8-16-11/h8-9H,2-7H2,1H3,(H,13,14). The zero-order chi connectivity index (χ0) is 11.4. The van der Waals surface area contributed by atoms with Gasteiger partial charge in [0.25, 0.3) is 0 Å². The van der Waals surface area contributed by atoms with Crippen LogP contribution in [0.25, 0.3) is 0 Å². The van der Waals surface area contributed by atoms with E-state index in [-0.39, 0.29) is 0 Å². The third-order valence-corrected chi connectivity index (χ3v) is 3.92. The lowest BCUT2D eigenvalue weighted by Crippen LogP contribution is -2.38. The van der Waals surface area contributed by atoms with Gasteiger partial charge in [-0.2, -0.15) is 0 Å². The molecule has 0 spiro atoms. The molecule has 0 radical (unpaired) electrons. The maximum absolute atomic E-state index is 5.78. The minimum Gasteiger partial charge on any atom is -0.358 e. The van der Waals surface area contributed by atoms with Crippen LogP contribution in [-0.2, 0) is 0 Å². The van der Waals surface area contributed by atoms with Crippen molar-refractivity contribution in [2.75, 3.05) is 25.0 Å². The first-order chi connectivity index (χ1) is 7.74. The summed E-state index contributed by atoms with van der Waals surface area (Å²) < 4.78 is 0. The minimum atomic E-state index is 0.431. The van der Waals surface area contributed by atoms with Crippen molar-refractivity contribution < 1.29 is 0 Å². The molecule has 1 saturated heterocycles. The fraction of sp³-hybridized carbons (Fsp3) is 0.727. The van der Waals surface area contributed by atoms with Crippen molar-refractivity contribution in [3.8, 4) is 0 Å². The lowest BCUT2D eigenvalue weighted by Gasteiger charge is -2.29. The molecular formula is C11H18ClN3S. The molecule has 0 aromatic carbocycles. The van der Waals surface area contributed by atoms with Gasteiger partial charge >= 0.3 is 0 Å². The molecule has 1 fully saturated rings. The number of hydrogen-bond donors (Lipinski definition) is 1. The van der Waals surface area contributed by atoms with Gasteiger partial charge in [0.2, 0.25) is 0 Å². The summed E-state index contributed by atoms with van der Waals surface area (Å²) in [5, 5.41) is 6.76. The Balaban J connectivity index is 1.77. The van der Waals surface area contributed by atoms with E-state index in [2.05, 4.69) is 22.1 Å². The van der Waals surface area contributed by atoms with E-state index >= 15 is 0 Å². The fourth-order valence-corrected chi connectivity index (χ4v) is 3.06. The number of nitrogens with zero attached hydrogens (tertiary/aromatic N) is 2. The van der Waals surface area contributed by atoms with Crippen LogP contribution in [0.15, 0.2) is 5.38 Å². The predicted molar refractivity (Wildman–Crippen MR) is 70.5 cm³/mol. The number of likely N-dealkylation sites (tertiary alicyclic amines) is 1. The number of nitrogens with one attached hydrogen (secondary N) is 1. The molecule has 1 unspecified atom stereocenters. The van der Waals surface area contributed by atoms with E-state index in [0.717, 1.165) is 11.7 Å². The molecule has 0 bridgehead atoms. The molecule has 1 aromatic heterocycles. The first kappa shape index (κ1) is 12.1. The van der Waals surface area contributed by atoms with Crippen LogP contribution in [0.5, 0.6) is 0 Å². The third-order valence-electron chi connectivity index (χ3n) is 2.83. The average molecular weight is 260 g/mol. The summed E-state index contributed by atoms with van der Waals surface area (Å²) in [6.07, 6.45) is 4.08. The van der Waals surface area contributed by atoms with Crippen LogP contribution in [0.1, 0.15) is 26.2 Å². The Labute approximate surface area is 106 Å². The number of thiazole rings is 1. The highest BCUT2D eigenvalue weighted by molar-refractivity contribution is 7.14. The van der Waals surface area contributed by atoms with E-state index in [1.54, 1.807) is 11.3 Å². The number of halogens is 1. The van der Waals surface area contributed by atoms with Crippen molar-refractivity contribution >= 4 is 28.1 Å². The Morgan fingerprint density at radius 3 is 2.88 bits per heavy atom. The van der Waals surface area contributed by atoms with Crippen LogP contribution < -0.4 is 5.32 Å². The molecular weight excluding hydrogens is 242 g/mol. The van der Waals surface area contributed by atoms with Crippen LogP contribution in [0.2, 0.25) is 5.15 Å². The average Bonchev–Trinajstić information content (AvgIpc) is 2.65. The van der Waals surface area contributed by atoms with Gasteiger partial charge in [-0.15, -0.1) is 11.3 Å². The normalized spacial score (nSPS) is 19.6. The molecule has 16 heavy (non-hydrogen) atoms. The van der Waals surface area contributed by atoms with E-state index in [1.807, 2.05) is 5.38 Å². The first-order valence-corrected chi connectivity index (χ1v) is 7.10. The van der Waals surface area contributed by atoms with Crippen LogP contribution in [-0.4, -0.2) is 35.6 Å². The maximum Gasteiger partial charge on any atom is 0.184 e. The van der Waals surface area contributed by atoms with Crippen molar-refractivity contribution in [1.82, 2.24) is 9.88 Å². The smallest absolute Gasteiger partial charge is 0.184 e. The van der Waals surface area contributed by atoms with Gasteiger partial charge in [0.1, 0.15) is 5.15 Å². The summed E-state index contributed by atoms with van der Waals surface area (Å²) in [6, 6.07) is 0.431. The second-order valence-electron chi connectivity index (χ2n) is 4.38. The van der Waals surface area contributed by atoms with Crippen LogP contribution >= 0.6 is 22.9 Å². The highest BCUT2D eigenvalue weighted by atomic mass is 35.5. The van der Waals surface area contributed by atoms with Gasteiger partial charge in [-0.1, -0.05) is 18.0 Å². The van der Waals surface area contributed by atoms with Gasteiger partial charge in [0.15, 0.2) is 5.13 Å². The lowest BCUT2D eigenvalue weighted by molar-refractivity contribution is 0.223. The van der Waals surface area contributed by atoms with E-state index < -0.39 is 0 Å². The number of piperidine rings is 1. The molecule has 1 aliphatic rings. The Bertz CT molecular complexity index is 323. The predicted octanol–water partition coefficient (Wildman–Crippen LogP) is 3.08. The van der Waals surface area contributed by atoms with Gasteiger partial charge in [-0.25, -0.2) is 4.98 Å².